The van der Waals surface area contributed by atoms with Gasteiger partial charge >= 0.3 is 0 Å². The first-order valence-electron chi connectivity index (χ1n) is 9.61. The molecule has 0 atom stereocenters. The molecule has 0 radical (unpaired) electrons. The Morgan fingerprint density at radius 2 is 1.87 bits per heavy atom. The normalized spacial score (nSPS) is 10.7. The molecular weight excluding hydrogens is 396 g/mol. The van der Waals surface area contributed by atoms with Gasteiger partial charge in [0.15, 0.2) is 0 Å². The molecule has 2 N–H and O–H groups in total. The molecule has 0 spiro atoms. The molecular formula is C22H22N6OS. The zero-order chi connectivity index (χ0) is 20.9. The summed E-state index contributed by atoms with van der Waals surface area (Å²) in [7, 11) is 0. The van der Waals surface area contributed by atoms with Gasteiger partial charge in [0.1, 0.15) is 23.8 Å². The van der Waals surface area contributed by atoms with Crippen LogP contribution in [-0.2, 0) is 11.2 Å². The third-order valence-electron chi connectivity index (χ3n) is 4.71. The molecule has 0 bridgehead atoms. The average Bonchev–Trinajstić information content (AvgIpc) is 3.36. The lowest BCUT2D eigenvalue weighted by molar-refractivity contribution is -0.116. The molecule has 0 aliphatic carbocycles. The van der Waals surface area contributed by atoms with Crippen molar-refractivity contribution in [3.63, 3.8) is 0 Å². The summed E-state index contributed by atoms with van der Waals surface area (Å²) in [5, 5.41) is 8.27. The molecule has 30 heavy (non-hydrogen) atoms. The minimum atomic E-state index is 0.0136. The van der Waals surface area contributed by atoms with Crippen LogP contribution in [0, 0.1) is 13.8 Å². The summed E-state index contributed by atoms with van der Waals surface area (Å²) in [6, 6.07) is 11.5. The van der Waals surface area contributed by atoms with Crippen molar-refractivity contribution in [3.05, 3.63) is 76.8 Å². The van der Waals surface area contributed by atoms with E-state index in [-0.39, 0.29) is 5.91 Å². The van der Waals surface area contributed by atoms with Crippen molar-refractivity contribution in [1.29, 1.82) is 0 Å². The molecule has 152 valence electrons. The standard InChI is InChI=1S/C22H22N6OS/c1-15-9-12-30-19(15)7-8-22(29)27-18-5-3-17(4-6-18)26-20-13-21(25-14-24-20)28-11-10-23-16(28)2/h3-6,9-14H,7-8H2,1-2H3,(H,27,29)(H,24,25,26). The summed E-state index contributed by atoms with van der Waals surface area (Å²) < 4.78 is 1.89. The lowest BCUT2D eigenvalue weighted by atomic mass is 10.2. The third kappa shape index (κ3) is 4.72. The Morgan fingerprint density at radius 1 is 1.07 bits per heavy atom. The molecule has 0 fully saturated rings. The zero-order valence-electron chi connectivity index (χ0n) is 16.8. The monoisotopic (exact) mass is 418 g/mol. The van der Waals surface area contributed by atoms with Gasteiger partial charge in [0, 0.05) is 41.1 Å². The maximum atomic E-state index is 12.2. The molecule has 4 rings (SSSR count). The van der Waals surface area contributed by atoms with E-state index in [9.17, 15) is 4.79 Å². The molecule has 3 aromatic heterocycles. The first-order valence-corrected chi connectivity index (χ1v) is 10.5. The van der Waals surface area contributed by atoms with Gasteiger partial charge in [-0.25, -0.2) is 15.0 Å². The SMILES string of the molecule is Cc1ccsc1CCC(=O)Nc1ccc(Nc2cc(-n3ccnc3C)ncn2)cc1. The fourth-order valence-electron chi connectivity index (χ4n) is 3.06. The van der Waals surface area contributed by atoms with E-state index < -0.39 is 0 Å². The summed E-state index contributed by atoms with van der Waals surface area (Å²) in [6.07, 6.45) is 6.35. The number of carbonyl (C=O) groups excluding carboxylic acids is 1. The number of nitrogens with one attached hydrogen (secondary N) is 2. The van der Waals surface area contributed by atoms with E-state index in [1.807, 2.05) is 48.0 Å². The molecule has 0 aliphatic rings. The second kappa shape index (κ2) is 8.87. The summed E-state index contributed by atoms with van der Waals surface area (Å²) in [5.41, 5.74) is 2.89. The largest absolute Gasteiger partial charge is 0.340 e. The second-order valence-electron chi connectivity index (χ2n) is 6.88. The number of rotatable bonds is 7. The van der Waals surface area contributed by atoms with E-state index in [1.165, 1.54) is 16.8 Å². The van der Waals surface area contributed by atoms with Gasteiger partial charge in [0.25, 0.3) is 0 Å². The topological polar surface area (TPSA) is 84.7 Å². The van der Waals surface area contributed by atoms with Crippen LogP contribution in [0.1, 0.15) is 22.7 Å². The van der Waals surface area contributed by atoms with Crippen molar-refractivity contribution in [2.75, 3.05) is 10.6 Å². The van der Waals surface area contributed by atoms with Gasteiger partial charge in [-0.2, -0.15) is 0 Å². The molecule has 7 nitrogen and oxygen atoms in total. The lowest BCUT2D eigenvalue weighted by Gasteiger charge is -2.10. The van der Waals surface area contributed by atoms with Crippen molar-refractivity contribution in [3.8, 4) is 5.82 Å². The summed E-state index contributed by atoms with van der Waals surface area (Å²) >= 11 is 1.70. The maximum Gasteiger partial charge on any atom is 0.224 e. The highest BCUT2D eigenvalue weighted by atomic mass is 32.1. The Bertz CT molecular complexity index is 1150. The number of amides is 1. The molecule has 0 saturated carbocycles. The van der Waals surface area contributed by atoms with Crippen molar-refractivity contribution >= 4 is 34.4 Å². The molecule has 0 aliphatic heterocycles. The van der Waals surface area contributed by atoms with Crippen LogP contribution < -0.4 is 10.6 Å². The average molecular weight is 419 g/mol. The van der Waals surface area contributed by atoms with Gasteiger partial charge in [0.05, 0.1) is 0 Å². The number of aromatic nitrogens is 4. The van der Waals surface area contributed by atoms with Gasteiger partial charge in [-0.1, -0.05) is 0 Å². The van der Waals surface area contributed by atoms with Crippen molar-refractivity contribution in [1.82, 2.24) is 19.5 Å². The zero-order valence-corrected chi connectivity index (χ0v) is 17.6. The van der Waals surface area contributed by atoms with E-state index in [0.29, 0.717) is 12.2 Å². The van der Waals surface area contributed by atoms with Crippen molar-refractivity contribution in [2.24, 2.45) is 0 Å². The number of imidazole rings is 1. The van der Waals surface area contributed by atoms with E-state index in [2.05, 4.69) is 44.0 Å². The van der Waals surface area contributed by atoms with Gasteiger partial charge < -0.3 is 10.6 Å². The van der Waals surface area contributed by atoms with E-state index in [4.69, 9.17) is 0 Å². The number of nitrogens with zero attached hydrogens (tertiary/aromatic N) is 4. The fraction of sp³-hybridized carbons (Fsp3) is 0.182. The fourth-order valence-corrected chi connectivity index (χ4v) is 3.97. The predicted octanol–water partition coefficient (Wildman–Crippen LogP) is 4.66. The number of carbonyl (C=O) groups is 1. The smallest absolute Gasteiger partial charge is 0.224 e. The summed E-state index contributed by atoms with van der Waals surface area (Å²) in [4.78, 5) is 26.3. The van der Waals surface area contributed by atoms with Crippen LogP contribution in [0.15, 0.2) is 60.5 Å². The van der Waals surface area contributed by atoms with Gasteiger partial charge in [-0.05, 0) is 61.5 Å². The molecule has 0 saturated heterocycles. The van der Waals surface area contributed by atoms with Crippen LogP contribution in [0.2, 0.25) is 0 Å². The van der Waals surface area contributed by atoms with Gasteiger partial charge in [-0.3, -0.25) is 9.36 Å². The number of benzene rings is 1. The first-order chi connectivity index (χ1) is 14.6. The van der Waals surface area contributed by atoms with Gasteiger partial charge in [-0.15, -0.1) is 11.3 Å². The van der Waals surface area contributed by atoms with Gasteiger partial charge in [0.2, 0.25) is 5.91 Å². The Labute approximate surface area is 178 Å². The van der Waals surface area contributed by atoms with Crippen LogP contribution in [0.25, 0.3) is 5.82 Å². The number of thiophene rings is 1. The number of hydrogen-bond acceptors (Lipinski definition) is 6. The van der Waals surface area contributed by atoms with Crippen LogP contribution >= 0.6 is 11.3 Å². The lowest BCUT2D eigenvalue weighted by Crippen LogP contribution is -2.12. The van der Waals surface area contributed by atoms with Crippen LogP contribution in [0.5, 0.6) is 0 Å². The Hall–Kier alpha value is -3.52. The first kappa shape index (κ1) is 19.8. The Kier molecular flexibility index (Phi) is 5.85. The summed E-state index contributed by atoms with van der Waals surface area (Å²) in [5.74, 6) is 2.29. The Morgan fingerprint density at radius 3 is 2.57 bits per heavy atom. The quantitative estimate of drug-likeness (QED) is 0.456. The number of aryl methyl sites for hydroxylation is 3. The van der Waals surface area contributed by atoms with E-state index in [1.54, 1.807) is 17.5 Å². The van der Waals surface area contributed by atoms with Crippen LogP contribution in [0.3, 0.4) is 0 Å². The molecule has 0 unspecified atom stereocenters. The van der Waals surface area contributed by atoms with E-state index in [0.717, 1.165) is 29.4 Å². The number of hydrogen-bond donors (Lipinski definition) is 2. The second-order valence-corrected chi connectivity index (χ2v) is 7.88. The minimum absolute atomic E-state index is 0.0136. The Balaban J connectivity index is 1.35. The highest BCUT2D eigenvalue weighted by Crippen LogP contribution is 2.20. The highest BCUT2D eigenvalue weighted by Gasteiger charge is 2.07. The third-order valence-corrected chi connectivity index (χ3v) is 5.80. The van der Waals surface area contributed by atoms with Crippen LogP contribution in [-0.4, -0.2) is 25.4 Å². The molecule has 8 heteroatoms. The predicted molar refractivity (Wildman–Crippen MR) is 120 cm³/mol. The molecule has 1 amide bonds. The van der Waals surface area contributed by atoms with E-state index >= 15 is 0 Å². The maximum absolute atomic E-state index is 12.2. The molecule has 1 aromatic carbocycles. The summed E-state index contributed by atoms with van der Waals surface area (Å²) in [6.45, 7) is 4.00. The van der Waals surface area contributed by atoms with Crippen molar-refractivity contribution < 1.29 is 4.79 Å². The molecule has 3 heterocycles. The van der Waals surface area contributed by atoms with Crippen molar-refractivity contribution in [2.45, 2.75) is 26.7 Å². The molecule has 4 aromatic rings. The highest BCUT2D eigenvalue weighted by molar-refractivity contribution is 7.10. The van der Waals surface area contributed by atoms with Crippen LogP contribution in [0.4, 0.5) is 17.2 Å². The minimum Gasteiger partial charge on any atom is -0.340 e. The number of anilines is 3.